The van der Waals surface area contributed by atoms with E-state index in [-0.39, 0.29) is 0 Å². The number of nitrogens with zero attached hydrogens (tertiary/aromatic N) is 5. The van der Waals surface area contributed by atoms with Crippen molar-refractivity contribution in [3.63, 3.8) is 0 Å². The first-order valence-corrected chi connectivity index (χ1v) is 5.38. The topological polar surface area (TPSA) is 77.7 Å². The molecule has 0 unspecified atom stereocenters. The van der Waals surface area contributed by atoms with Gasteiger partial charge in [-0.3, -0.25) is 10.3 Å². The van der Waals surface area contributed by atoms with Crippen molar-refractivity contribution in [3.8, 4) is 6.19 Å². The molecule has 0 atom stereocenters. The lowest BCUT2D eigenvalue weighted by Crippen LogP contribution is -2.18. The summed E-state index contributed by atoms with van der Waals surface area (Å²) in [5, 5.41) is 11.0. The maximum absolute atomic E-state index is 8.54. The van der Waals surface area contributed by atoms with E-state index in [2.05, 4.69) is 20.3 Å². The maximum atomic E-state index is 8.54. The number of pyridine rings is 1. The smallest absolute Gasteiger partial charge is 0.182 e. The van der Waals surface area contributed by atoms with E-state index in [0.717, 1.165) is 11.5 Å². The SMILES string of the molecule is CN(Cc1ccccn1)c1cc(NC#N)ncn1. The minimum Gasteiger partial charge on any atom is -0.354 e. The summed E-state index contributed by atoms with van der Waals surface area (Å²) in [4.78, 5) is 14.3. The Morgan fingerprint density at radius 3 is 2.94 bits per heavy atom. The molecule has 0 fully saturated rings. The lowest BCUT2D eigenvalue weighted by Gasteiger charge is -2.17. The van der Waals surface area contributed by atoms with Crippen molar-refractivity contribution in [2.24, 2.45) is 0 Å². The first-order chi connectivity index (χ1) is 8.79. The predicted molar refractivity (Wildman–Crippen MR) is 67.6 cm³/mol. The number of rotatable bonds is 4. The van der Waals surface area contributed by atoms with Gasteiger partial charge in [-0.2, -0.15) is 5.26 Å². The fourth-order valence-electron chi connectivity index (χ4n) is 1.50. The highest BCUT2D eigenvalue weighted by Crippen LogP contribution is 2.14. The van der Waals surface area contributed by atoms with Gasteiger partial charge in [0.2, 0.25) is 0 Å². The second kappa shape index (κ2) is 5.59. The van der Waals surface area contributed by atoms with Crippen LogP contribution in [0.1, 0.15) is 5.69 Å². The van der Waals surface area contributed by atoms with Gasteiger partial charge in [0, 0.05) is 19.3 Å². The van der Waals surface area contributed by atoms with Gasteiger partial charge in [-0.1, -0.05) is 6.07 Å². The molecular weight excluding hydrogens is 228 g/mol. The van der Waals surface area contributed by atoms with Gasteiger partial charge in [-0.25, -0.2) is 9.97 Å². The quantitative estimate of drug-likeness (QED) is 0.643. The summed E-state index contributed by atoms with van der Waals surface area (Å²) in [5.41, 5.74) is 0.952. The zero-order chi connectivity index (χ0) is 12.8. The molecule has 0 amide bonds. The average Bonchev–Trinajstić information content (AvgIpc) is 2.40. The summed E-state index contributed by atoms with van der Waals surface area (Å²) in [6, 6.07) is 7.49. The summed E-state index contributed by atoms with van der Waals surface area (Å²) in [5.74, 6) is 1.21. The predicted octanol–water partition coefficient (Wildman–Crippen LogP) is 1.40. The highest BCUT2D eigenvalue weighted by atomic mass is 15.2. The molecule has 2 heterocycles. The van der Waals surface area contributed by atoms with Crippen LogP contribution in [0.5, 0.6) is 0 Å². The van der Waals surface area contributed by atoms with Crippen molar-refractivity contribution >= 4 is 11.6 Å². The van der Waals surface area contributed by atoms with Gasteiger partial charge in [-0.15, -0.1) is 0 Å². The molecule has 0 saturated carbocycles. The Bertz CT molecular complexity index is 548. The van der Waals surface area contributed by atoms with Crippen molar-refractivity contribution < 1.29 is 0 Å². The molecule has 1 N–H and O–H groups in total. The zero-order valence-electron chi connectivity index (χ0n) is 9.91. The van der Waals surface area contributed by atoms with E-state index in [0.29, 0.717) is 12.4 Å². The normalized spacial score (nSPS) is 9.56. The van der Waals surface area contributed by atoms with Crippen LogP contribution in [0.3, 0.4) is 0 Å². The molecule has 0 radical (unpaired) electrons. The molecule has 0 saturated heterocycles. The Balaban J connectivity index is 2.11. The molecule has 2 aromatic heterocycles. The van der Waals surface area contributed by atoms with Crippen LogP contribution in [-0.4, -0.2) is 22.0 Å². The van der Waals surface area contributed by atoms with E-state index in [4.69, 9.17) is 5.26 Å². The Kier molecular flexibility index (Phi) is 3.66. The van der Waals surface area contributed by atoms with E-state index in [1.807, 2.05) is 36.3 Å². The third-order valence-corrected chi connectivity index (χ3v) is 2.35. The maximum Gasteiger partial charge on any atom is 0.182 e. The number of nitriles is 1. The van der Waals surface area contributed by atoms with Crippen molar-refractivity contribution in [3.05, 3.63) is 42.5 Å². The van der Waals surface area contributed by atoms with Crippen LogP contribution in [0.15, 0.2) is 36.8 Å². The summed E-state index contributed by atoms with van der Waals surface area (Å²) in [6.45, 7) is 0.643. The molecule has 0 bridgehead atoms. The summed E-state index contributed by atoms with van der Waals surface area (Å²) in [6.07, 6.45) is 5.01. The summed E-state index contributed by atoms with van der Waals surface area (Å²) in [7, 11) is 1.91. The Morgan fingerprint density at radius 2 is 2.22 bits per heavy atom. The second-order valence-corrected chi connectivity index (χ2v) is 3.68. The van der Waals surface area contributed by atoms with Crippen LogP contribution >= 0.6 is 0 Å². The number of hydrogen-bond acceptors (Lipinski definition) is 6. The molecule has 18 heavy (non-hydrogen) atoms. The molecule has 6 nitrogen and oxygen atoms in total. The number of anilines is 2. The molecule has 0 aromatic carbocycles. The van der Waals surface area contributed by atoms with E-state index < -0.39 is 0 Å². The number of hydrogen-bond donors (Lipinski definition) is 1. The summed E-state index contributed by atoms with van der Waals surface area (Å²) < 4.78 is 0. The molecule has 0 aliphatic rings. The Morgan fingerprint density at radius 1 is 1.33 bits per heavy atom. The first-order valence-electron chi connectivity index (χ1n) is 5.38. The van der Waals surface area contributed by atoms with Gasteiger partial charge in [0.25, 0.3) is 0 Å². The highest BCUT2D eigenvalue weighted by Gasteiger charge is 2.05. The van der Waals surface area contributed by atoms with Crippen LogP contribution < -0.4 is 10.2 Å². The molecule has 90 valence electrons. The third-order valence-electron chi connectivity index (χ3n) is 2.35. The zero-order valence-corrected chi connectivity index (χ0v) is 9.91. The van der Waals surface area contributed by atoms with Crippen LogP contribution in [-0.2, 0) is 6.54 Å². The fourth-order valence-corrected chi connectivity index (χ4v) is 1.50. The standard InChI is InChI=1S/C12H12N6/c1-18(7-10-4-2-3-5-14-10)12-6-11(15-8-13)16-9-17-12/h2-6,9H,7H2,1H3,(H,15,16,17). The third kappa shape index (κ3) is 2.92. The van der Waals surface area contributed by atoms with E-state index >= 15 is 0 Å². The van der Waals surface area contributed by atoms with Crippen LogP contribution in [0.4, 0.5) is 11.6 Å². The minimum atomic E-state index is 0.482. The molecule has 0 aliphatic carbocycles. The van der Waals surface area contributed by atoms with Gasteiger partial charge >= 0.3 is 0 Å². The first kappa shape index (κ1) is 11.8. The molecule has 6 heteroatoms. The van der Waals surface area contributed by atoms with Crippen LogP contribution in [0.25, 0.3) is 0 Å². The van der Waals surface area contributed by atoms with Gasteiger partial charge in [-0.05, 0) is 12.1 Å². The molecular formula is C12H12N6. The lowest BCUT2D eigenvalue weighted by atomic mass is 10.3. The average molecular weight is 240 g/mol. The van der Waals surface area contributed by atoms with Crippen molar-refractivity contribution in [2.45, 2.75) is 6.54 Å². The highest BCUT2D eigenvalue weighted by molar-refractivity contribution is 5.49. The van der Waals surface area contributed by atoms with Crippen molar-refractivity contribution in [2.75, 3.05) is 17.3 Å². The number of aromatic nitrogens is 3. The van der Waals surface area contributed by atoms with Crippen LogP contribution in [0.2, 0.25) is 0 Å². The monoisotopic (exact) mass is 240 g/mol. The Labute approximate surface area is 105 Å². The van der Waals surface area contributed by atoms with E-state index in [1.165, 1.54) is 6.33 Å². The Hall–Kier alpha value is -2.68. The largest absolute Gasteiger partial charge is 0.354 e. The van der Waals surface area contributed by atoms with Gasteiger partial charge < -0.3 is 4.90 Å². The van der Waals surface area contributed by atoms with E-state index in [1.54, 1.807) is 12.3 Å². The summed E-state index contributed by atoms with van der Waals surface area (Å²) >= 11 is 0. The van der Waals surface area contributed by atoms with Crippen molar-refractivity contribution in [1.29, 1.82) is 5.26 Å². The van der Waals surface area contributed by atoms with Gasteiger partial charge in [0.1, 0.15) is 18.0 Å². The van der Waals surface area contributed by atoms with Gasteiger partial charge in [0.15, 0.2) is 6.19 Å². The van der Waals surface area contributed by atoms with E-state index in [9.17, 15) is 0 Å². The second-order valence-electron chi connectivity index (χ2n) is 3.68. The lowest BCUT2D eigenvalue weighted by molar-refractivity contribution is 0.861. The fraction of sp³-hybridized carbons (Fsp3) is 0.167. The minimum absolute atomic E-state index is 0.482. The number of nitrogens with one attached hydrogen (secondary N) is 1. The van der Waals surface area contributed by atoms with Crippen LogP contribution in [0, 0.1) is 11.5 Å². The molecule has 2 aromatic rings. The molecule has 2 rings (SSSR count). The van der Waals surface area contributed by atoms with Gasteiger partial charge in [0.05, 0.1) is 12.2 Å². The molecule has 0 aliphatic heterocycles. The molecule has 0 spiro atoms. The van der Waals surface area contributed by atoms with Crippen molar-refractivity contribution in [1.82, 2.24) is 15.0 Å².